The standard InChI is InChI=1S/C20H22N6O3/c1-12-17-18(24(3)23-12)19(22-13(2)21-17)25-6-8-26(9-7-25)20(27)14-4-5-15-16(10-14)29-11-28-15/h4-5,10H,6-9,11H2,1-3H3. The highest BCUT2D eigenvalue weighted by molar-refractivity contribution is 5.95. The topological polar surface area (TPSA) is 85.6 Å². The Hall–Kier alpha value is -3.36. The van der Waals surface area contributed by atoms with Crippen LogP contribution in [0, 0.1) is 13.8 Å². The summed E-state index contributed by atoms with van der Waals surface area (Å²) in [5, 5.41) is 4.50. The van der Waals surface area contributed by atoms with Gasteiger partial charge in [-0.2, -0.15) is 5.10 Å². The zero-order valence-electron chi connectivity index (χ0n) is 16.7. The molecule has 9 heteroatoms. The summed E-state index contributed by atoms with van der Waals surface area (Å²) in [7, 11) is 1.91. The Balaban J connectivity index is 1.36. The maximum atomic E-state index is 12.9. The predicted molar refractivity (Wildman–Crippen MR) is 106 cm³/mol. The molecule has 0 aliphatic carbocycles. The van der Waals surface area contributed by atoms with Gasteiger partial charge in [-0.3, -0.25) is 9.48 Å². The van der Waals surface area contributed by atoms with Gasteiger partial charge in [0.1, 0.15) is 16.9 Å². The summed E-state index contributed by atoms with van der Waals surface area (Å²) in [6.07, 6.45) is 0. The number of hydrogen-bond donors (Lipinski definition) is 0. The molecule has 3 aromatic rings. The highest BCUT2D eigenvalue weighted by Gasteiger charge is 2.27. The van der Waals surface area contributed by atoms with Crippen molar-refractivity contribution in [1.82, 2.24) is 24.6 Å². The molecule has 29 heavy (non-hydrogen) atoms. The average molecular weight is 394 g/mol. The number of carbonyl (C=O) groups is 1. The molecular formula is C20H22N6O3. The monoisotopic (exact) mass is 394 g/mol. The van der Waals surface area contributed by atoms with Crippen LogP contribution in [0.4, 0.5) is 5.82 Å². The number of aryl methyl sites for hydroxylation is 3. The molecule has 1 amide bonds. The lowest BCUT2D eigenvalue weighted by Gasteiger charge is -2.35. The predicted octanol–water partition coefficient (Wildman–Crippen LogP) is 1.67. The summed E-state index contributed by atoms with van der Waals surface area (Å²) in [6, 6.07) is 5.34. The van der Waals surface area contributed by atoms with Crippen LogP contribution in [0.15, 0.2) is 18.2 Å². The van der Waals surface area contributed by atoms with Gasteiger partial charge in [0.25, 0.3) is 5.91 Å². The van der Waals surface area contributed by atoms with Crippen LogP contribution in [0.5, 0.6) is 11.5 Å². The van der Waals surface area contributed by atoms with Gasteiger partial charge in [0.2, 0.25) is 6.79 Å². The van der Waals surface area contributed by atoms with Crippen LogP contribution < -0.4 is 14.4 Å². The number of piperazine rings is 1. The van der Waals surface area contributed by atoms with Gasteiger partial charge >= 0.3 is 0 Å². The molecular weight excluding hydrogens is 372 g/mol. The Morgan fingerprint density at radius 3 is 2.59 bits per heavy atom. The lowest BCUT2D eigenvalue weighted by atomic mass is 10.1. The van der Waals surface area contributed by atoms with E-state index in [-0.39, 0.29) is 12.7 Å². The Kier molecular flexibility index (Phi) is 4.04. The molecule has 0 unspecified atom stereocenters. The van der Waals surface area contributed by atoms with Crippen LogP contribution in [0.1, 0.15) is 21.9 Å². The van der Waals surface area contributed by atoms with Crippen LogP contribution in [-0.4, -0.2) is 63.5 Å². The summed E-state index contributed by atoms with van der Waals surface area (Å²) in [6.45, 7) is 6.70. The zero-order chi connectivity index (χ0) is 20.1. The highest BCUT2D eigenvalue weighted by Crippen LogP contribution is 2.33. The third-order valence-electron chi connectivity index (χ3n) is 5.43. The molecule has 150 valence electrons. The fraction of sp³-hybridized carbons (Fsp3) is 0.400. The first-order valence-electron chi connectivity index (χ1n) is 9.63. The molecule has 0 radical (unpaired) electrons. The molecule has 1 fully saturated rings. The van der Waals surface area contributed by atoms with Crippen molar-refractivity contribution in [3.8, 4) is 11.5 Å². The molecule has 1 aromatic carbocycles. The Morgan fingerprint density at radius 2 is 1.79 bits per heavy atom. The van der Waals surface area contributed by atoms with Crippen molar-refractivity contribution >= 4 is 22.8 Å². The van der Waals surface area contributed by atoms with Crippen molar-refractivity contribution in [3.63, 3.8) is 0 Å². The zero-order valence-corrected chi connectivity index (χ0v) is 16.7. The van der Waals surface area contributed by atoms with E-state index in [1.54, 1.807) is 18.2 Å². The van der Waals surface area contributed by atoms with Crippen LogP contribution in [0.3, 0.4) is 0 Å². The van der Waals surface area contributed by atoms with Gasteiger partial charge in [-0.1, -0.05) is 0 Å². The van der Waals surface area contributed by atoms with Crippen LogP contribution >= 0.6 is 0 Å². The van der Waals surface area contributed by atoms with Crippen LogP contribution in [0.25, 0.3) is 11.0 Å². The highest BCUT2D eigenvalue weighted by atomic mass is 16.7. The van der Waals surface area contributed by atoms with E-state index in [2.05, 4.69) is 20.0 Å². The van der Waals surface area contributed by atoms with E-state index in [1.165, 1.54) is 0 Å². The number of carbonyl (C=O) groups excluding carboxylic acids is 1. The number of benzene rings is 1. The molecule has 0 N–H and O–H groups in total. The second-order valence-corrected chi connectivity index (χ2v) is 7.35. The molecule has 0 spiro atoms. The van der Waals surface area contributed by atoms with Gasteiger partial charge in [-0.15, -0.1) is 0 Å². The number of hydrogen-bond acceptors (Lipinski definition) is 7. The Bertz CT molecular complexity index is 1120. The van der Waals surface area contributed by atoms with Crippen molar-refractivity contribution in [2.45, 2.75) is 13.8 Å². The van der Waals surface area contributed by atoms with E-state index in [0.717, 1.165) is 28.4 Å². The maximum Gasteiger partial charge on any atom is 0.254 e. The summed E-state index contributed by atoms with van der Waals surface area (Å²) in [4.78, 5) is 26.3. The summed E-state index contributed by atoms with van der Waals surface area (Å²) >= 11 is 0. The molecule has 4 heterocycles. The second-order valence-electron chi connectivity index (χ2n) is 7.35. The minimum atomic E-state index is 0.00310. The number of fused-ring (bicyclic) bond motifs is 2. The van der Waals surface area contributed by atoms with Crippen molar-refractivity contribution in [2.75, 3.05) is 37.9 Å². The molecule has 0 atom stereocenters. The summed E-state index contributed by atoms with van der Waals surface area (Å²) in [5.41, 5.74) is 3.33. The van der Waals surface area contributed by atoms with E-state index < -0.39 is 0 Å². The largest absolute Gasteiger partial charge is 0.454 e. The van der Waals surface area contributed by atoms with Crippen LogP contribution in [0.2, 0.25) is 0 Å². The fourth-order valence-corrected chi connectivity index (χ4v) is 3.98. The number of amides is 1. The van der Waals surface area contributed by atoms with E-state index in [0.29, 0.717) is 43.2 Å². The normalized spacial score (nSPS) is 16.0. The van der Waals surface area contributed by atoms with Crippen LogP contribution in [-0.2, 0) is 7.05 Å². The Morgan fingerprint density at radius 1 is 1.03 bits per heavy atom. The van der Waals surface area contributed by atoms with Gasteiger partial charge < -0.3 is 19.3 Å². The number of anilines is 1. The fourth-order valence-electron chi connectivity index (χ4n) is 3.98. The third-order valence-corrected chi connectivity index (χ3v) is 5.43. The first-order chi connectivity index (χ1) is 14.0. The molecule has 9 nitrogen and oxygen atoms in total. The molecule has 5 rings (SSSR count). The lowest BCUT2D eigenvalue weighted by Crippen LogP contribution is -2.49. The third kappa shape index (κ3) is 2.93. The van der Waals surface area contributed by atoms with Crippen molar-refractivity contribution < 1.29 is 14.3 Å². The number of aromatic nitrogens is 4. The van der Waals surface area contributed by atoms with Crippen molar-refractivity contribution in [2.24, 2.45) is 7.05 Å². The quantitative estimate of drug-likeness (QED) is 0.654. The van der Waals surface area contributed by atoms with Gasteiger partial charge in [0, 0.05) is 38.8 Å². The Labute approximate surface area is 167 Å². The van der Waals surface area contributed by atoms with E-state index in [4.69, 9.17) is 9.47 Å². The van der Waals surface area contributed by atoms with Gasteiger partial charge in [-0.25, -0.2) is 9.97 Å². The summed E-state index contributed by atoms with van der Waals surface area (Å²) < 4.78 is 12.6. The minimum Gasteiger partial charge on any atom is -0.454 e. The second kappa shape index (κ2) is 6.61. The maximum absolute atomic E-state index is 12.9. The molecule has 2 aliphatic rings. The van der Waals surface area contributed by atoms with Gasteiger partial charge in [-0.05, 0) is 32.0 Å². The minimum absolute atomic E-state index is 0.00310. The first kappa shape index (κ1) is 17.7. The molecule has 0 bridgehead atoms. The lowest BCUT2D eigenvalue weighted by molar-refractivity contribution is 0.0746. The SMILES string of the molecule is Cc1nc(N2CCN(C(=O)c3ccc4c(c3)OCO4)CC2)c2c(n1)c(C)nn2C. The van der Waals surface area contributed by atoms with E-state index in [1.807, 2.05) is 30.5 Å². The number of nitrogens with zero attached hydrogens (tertiary/aromatic N) is 6. The van der Waals surface area contributed by atoms with Crippen molar-refractivity contribution in [3.05, 3.63) is 35.3 Å². The molecule has 0 saturated carbocycles. The van der Waals surface area contributed by atoms with E-state index >= 15 is 0 Å². The van der Waals surface area contributed by atoms with Gasteiger partial charge in [0.05, 0.1) is 5.69 Å². The molecule has 1 saturated heterocycles. The summed E-state index contributed by atoms with van der Waals surface area (Å²) in [5.74, 6) is 2.91. The number of rotatable bonds is 2. The van der Waals surface area contributed by atoms with Gasteiger partial charge in [0.15, 0.2) is 17.3 Å². The smallest absolute Gasteiger partial charge is 0.254 e. The van der Waals surface area contributed by atoms with Crippen molar-refractivity contribution in [1.29, 1.82) is 0 Å². The van der Waals surface area contributed by atoms with E-state index in [9.17, 15) is 4.79 Å². The molecule has 2 aliphatic heterocycles. The first-order valence-corrected chi connectivity index (χ1v) is 9.63. The molecule has 2 aromatic heterocycles. The average Bonchev–Trinajstić information content (AvgIpc) is 3.30. The number of ether oxygens (including phenoxy) is 2.